The van der Waals surface area contributed by atoms with Gasteiger partial charge in [0, 0.05) is 31.8 Å². The maximum atomic E-state index is 12.7. The van der Waals surface area contributed by atoms with Crippen LogP contribution in [0.15, 0.2) is 48.7 Å². The Balaban J connectivity index is 1.75. The van der Waals surface area contributed by atoms with Crippen LogP contribution in [0.4, 0.5) is 0 Å². The molecule has 1 amide bonds. The second-order valence-electron chi connectivity index (χ2n) is 5.72. The summed E-state index contributed by atoms with van der Waals surface area (Å²) >= 11 is 0. The molecule has 0 spiro atoms. The van der Waals surface area contributed by atoms with E-state index in [1.807, 2.05) is 37.5 Å². The summed E-state index contributed by atoms with van der Waals surface area (Å²) in [4.78, 5) is 26.9. The minimum absolute atomic E-state index is 0.0331. The third-order valence-corrected chi connectivity index (χ3v) is 4.17. The molecule has 0 radical (unpaired) electrons. The molecule has 0 saturated carbocycles. The minimum atomic E-state index is -0.223. The molecule has 2 heterocycles. The smallest absolute Gasteiger partial charge is 0.270 e. The van der Waals surface area contributed by atoms with Crippen LogP contribution in [0.1, 0.15) is 27.3 Å². The van der Waals surface area contributed by atoms with Crippen LogP contribution in [-0.4, -0.2) is 47.0 Å². The predicted octanol–water partition coefficient (Wildman–Crippen LogP) is 2.14. The molecule has 2 aromatic rings. The number of nitrogens with zero attached hydrogens (tertiary/aromatic N) is 2. The quantitative estimate of drug-likeness (QED) is 0.813. The Hall–Kier alpha value is -2.40. The normalized spacial score (nSPS) is 18.0. The molecular formula is C18H20N2O3. The lowest BCUT2D eigenvalue weighted by Gasteiger charge is -2.35. The molecule has 1 atom stereocenters. The van der Waals surface area contributed by atoms with E-state index in [9.17, 15) is 9.59 Å². The maximum absolute atomic E-state index is 12.7. The number of carbonyl (C=O) groups excluding carboxylic acids is 2. The van der Waals surface area contributed by atoms with Crippen LogP contribution in [0.5, 0.6) is 0 Å². The molecular weight excluding hydrogens is 292 g/mol. The van der Waals surface area contributed by atoms with Gasteiger partial charge >= 0.3 is 0 Å². The lowest BCUT2D eigenvalue weighted by atomic mass is 10.0. The van der Waals surface area contributed by atoms with Crippen LogP contribution in [0.25, 0.3) is 0 Å². The lowest BCUT2D eigenvalue weighted by molar-refractivity contribution is -0.00328. The van der Waals surface area contributed by atoms with E-state index in [0.29, 0.717) is 31.0 Å². The van der Waals surface area contributed by atoms with Gasteiger partial charge in [-0.1, -0.05) is 30.3 Å². The van der Waals surface area contributed by atoms with E-state index in [-0.39, 0.29) is 24.2 Å². The third-order valence-electron chi connectivity index (χ3n) is 4.17. The van der Waals surface area contributed by atoms with Crippen molar-refractivity contribution in [2.45, 2.75) is 12.5 Å². The number of aryl methyl sites for hydroxylation is 1. The first-order chi connectivity index (χ1) is 11.2. The summed E-state index contributed by atoms with van der Waals surface area (Å²) < 4.78 is 7.29. The van der Waals surface area contributed by atoms with Gasteiger partial charge < -0.3 is 14.2 Å². The molecule has 0 N–H and O–H groups in total. The fraction of sp³-hybridized carbons (Fsp3) is 0.333. The van der Waals surface area contributed by atoms with Crippen molar-refractivity contribution in [1.29, 1.82) is 0 Å². The van der Waals surface area contributed by atoms with Crippen molar-refractivity contribution < 1.29 is 14.3 Å². The van der Waals surface area contributed by atoms with Crippen molar-refractivity contribution in [1.82, 2.24) is 9.47 Å². The number of benzene rings is 1. The van der Waals surface area contributed by atoms with Crippen molar-refractivity contribution in [2.24, 2.45) is 7.05 Å². The van der Waals surface area contributed by atoms with Crippen molar-refractivity contribution >= 4 is 11.7 Å². The van der Waals surface area contributed by atoms with Gasteiger partial charge in [-0.3, -0.25) is 9.59 Å². The van der Waals surface area contributed by atoms with Gasteiger partial charge in [0.1, 0.15) is 5.69 Å². The molecule has 3 rings (SSSR count). The first kappa shape index (κ1) is 15.5. The van der Waals surface area contributed by atoms with Crippen LogP contribution in [0.3, 0.4) is 0 Å². The molecule has 1 aromatic carbocycles. The fourth-order valence-corrected chi connectivity index (χ4v) is 2.88. The number of aromatic nitrogens is 1. The average molecular weight is 312 g/mol. The minimum Gasteiger partial charge on any atom is -0.377 e. The summed E-state index contributed by atoms with van der Waals surface area (Å²) in [6, 6.07) is 12.6. The van der Waals surface area contributed by atoms with E-state index in [2.05, 4.69) is 0 Å². The van der Waals surface area contributed by atoms with Gasteiger partial charge in [-0.25, -0.2) is 0 Å². The molecule has 1 aliphatic heterocycles. The first-order valence-corrected chi connectivity index (χ1v) is 7.75. The summed E-state index contributed by atoms with van der Waals surface area (Å²) in [5.74, 6) is -0.0163. The van der Waals surface area contributed by atoms with Gasteiger partial charge in [0.2, 0.25) is 0 Å². The largest absolute Gasteiger partial charge is 0.377 e. The molecule has 1 aliphatic rings. The van der Waals surface area contributed by atoms with Crippen LogP contribution in [-0.2, 0) is 11.8 Å². The van der Waals surface area contributed by atoms with E-state index in [4.69, 9.17) is 4.74 Å². The zero-order chi connectivity index (χ0) is 16.2. The number of rotatable bonds is 4. The third kappa shape index (κ3) is 3.35. The van der Waals surface area contributed by atoms with Gasteiger partial charge in [0.05, 0.1) is 19.3 Å². The highest BCUT2D eigenvalue weighted by Gasteiger charge is 2.30. The van der Waals surface area contributed by atoms with Crippen LogP contribution < -0.4 is 0 Å². The second kappa shape index (κ2) is 6.79. The van der Waals surface area contributed by atoms with Crippen LogP contribution >= 0.6 is 0 Å². The van der Waals surface area contributed by atoms with E-state index in [1.54, 1.807) is 27.7 Å². The Labute approximate surface area is 135 Å². The zero-order valence-electron chi connectivity index (χ0n) is 13.1. The van der Waals surface area contributed by atoms with Crippen molar-refractivity contribution in [3.05, 3.63) is 59.9 Å². The summed E-state index contributed by atoms with van der Waals surface area (Å²) in [6.07, 6.45) is 2.12. The molecule has 0 unspecified atom stereocenters. The SMILES string of the molecule is Cn1cccc1C(=O)N1CCOC[C@@H]1CC(=O)c1ccccc1. The summed E-state index contributed by atoms with van der Waals surface area (Å²) in [6.45, 7) is 1.41. The number of hydrogen-bond donors (Lipinski definition) is 0. The Kier molecular flexibility index (Phi) is 4.57. The van der Waals surface area contributed by atoms with Crippen LogP contribution in [0.2, 0.25) is 0 Å². The predicted molar refractivity (Wildman–Crippen MR) is 86.4 cm³/mol. The van der Waals surface area contributed by atoms with E-state index < -0.39 is 0 Å². The summed E-state index contributed by atoms with van der Waals surface area (Å²) in [7, 11) is 1.85. The van der Waals surface area contributed by atoms with E-state index in [1.165, 1.54) is 0 Å². The van der Waals surface area contributed by atoms with Crippen LogP contribution in [0, 0.1) is 0 Å². The molecule has 0 bridgehead atoms. The second-order valence-corrected chi connectivity index (χ2v) is 5.72. The van der Waals surface area contributed by atoms with E-state index >= 15 is 0 Å². The van der Waals surface area contributed by atoms with Gasteiger partial charge in [-0.05, 0) is 12.1 Å². The standard InChI is InChI=1S/C18H20N2O3/c1-19-9-5-8-16(19)18(22)20-10-11-23-13-15(20)12-17(21)14-6-3-2-4-7-14/h2-9,15H,10-13H2,1H3/t15-/m0/s1. The molecule has 23 heavy (non-hydrogen) atoms. The molecule has 5 heteroatoms. The Bertz CT molecular complexity index is 693. The maximum Gasteiger partial charge on any atom is 0.270 e. The number of amides is 1. The summed E-state index contributed by atoms with van der Waals surface area (Å²) in [5, 5.41) is 0. The molecule has 1 fully saturated rings. The molecule has 5 nitrogen and oxygen atoms in total. The molecule has 0 aliphatic carbocycles. The number of ether oxygens (including phenoxy) is 1. The first-order valence-electron chi connectivity index (χ1n) is 7.75. The number of carbonyl (C=O) groups is 2. The highest BCUT2D eigenvalue weighted by Crippen LogP contribution is 2.17. The van der Waals surface area contributed by atoms with Crippen molar-refractivity contribution in [3.63, 3.8) is 0 Å². The monoisotopic (exact) mass is 312 g/mol. The zero-order valence-corrected chi connectivity index (χ0v) is 13.1. The van der Waals surface area contributed by atoms with Gasteiger partial charge in [-0.2, -0.15) is 0 Å². The highest BCUT2D eigenvalue weighted by atomic mass is 16.5. The van der Waals surface area contributed by atoms with E-state index in [0.717, 1.165) is 0 Å². The molecule has 1 aromatic heterocycles. The Morgan fingerprint density at radius 3 is 2.65 bits per heavy atom. The van der Waals surface area contributed by atoms with Crippen molar-refractivity contribution in [3.8, 4) is 0 Å². The molecule has 1 saturated heterocycles. The summed E-state index contributed by atoms with van der Waals surface area (Å²) in [5.41, 5.74) is 1.30. The average Bonchev–Trinajstić information content (AvgIpc) is 3.01. The van der Waals surface area contributed by atoms with Gasteiger partial charge in [0.15, 0.2) is 5.78 Å². The number of hydrogen-bond acceptors (Lipinski definition) is 3. The lowest BCUT2D eigenvalue weighted by Crippen LogP contribution is -2.49. The van der Waals surface area contributed by atoms with Gasteiger partial charge in [-0.15, -0.1) is 0 Å². The number of ketones is 1. The van der Waals surface area contributed by atoms with Gasteiger partial charge in [0.25, 0.3) is 5.91 Å². The Morgan fingerprint density at radius 1 is 1.17 bits per heavy atom. The number of morpholine rings is 1. The number of Topliss-reactive ketones (excluding diaryl/α,β-unsaturated/α-hetero) is 1. The van der Waals surface area contributed by atoms with Crippen molar-refractivity contribution in [2.75, 3.05) is 19.8 Å². The Morgan fingerprint density at radius 2 is 1.96 bits per heavy atom. The highest BCUT2D eigenvalue weighted by molar-refractivity contribution is 5.97. The molecule has 120 valence electrons. The fourth-order valence-electron chi connectivity index (χ4n) is 2.88. The topological polar surface area (TPSA) is 51.5 Å².